The van der Waals surface area contributed by atoms with E-state index in [9.17, 15) is 9.90 Å². The van der Waals surface area contributed by atoms with Gasteiger partial charge in [-0.05, 0) is 60.9 Å². The first kappa shape index (κ1) is 26.0. The number of carbonyl (C=O) groups excluding carboxylic acids is 1. The Bertz CT molecular complexity index is 1450. The Kier molecular flexibility index (Phi) is 7.88. The highest BCUT2D eigenvalue weighted by Crippen LogP contribution is 2.36. The molecule has 0 bridgehead atoms. The standard InChI is InChI=1S/C30H31N5O4/c1-20-27(29(37)32-23-12-16-24(38-2)17-13-23)28(35-30(31-20)33-26(34-35)9-6-18-36)22-10-14-25(15-11-22)39-19-21-7-4-3-5-8-21/h3-5,7-8,10-17,28,36H,6,9,18-19H2,1-2H3,(H,32,37)(H,31,33,34). The van der Waals surface area contributed by atoms with Crippen LogP contribution in [0.3, 0.4) is 0 Å². The molecule has 200 valence electrons. The van der Waals surface area contributed by atoms with Crippen molar-refractivity contribution in [2.75, 3.05) is 24.4 Å². The normalized spacial score (nSPS) is 14.4. The predicted octanol–water partition coefficient (Wildman–Crippen LogP) is 4.72. The molecule has 1 aliphatic heterocycles. The highest BCUT2D eigenvalue weighted by Gasteiger charge is 2.34. The Morgan fingerprint density at radius 1 is 1.03 bits per heavy atom. The molecule has 1 aliphatic rings. The second-order valence-electron chi connectivity index (χ2n) is 9.22. The number of benzene rings is 3. The zero-order valence-electron chi connectivity index (χ0n) is 21.9. The van der Waals surface area contributed by atoms with Crippen molar-refractivity contribution in [2.45, 2.75) is 32.4 Å². The van der Waals surface area contributed by atoms with Crippen LogP contribution in [0.15, 0.2) is 90.1 Å². The molecule has 0 aliphatic carbocycles. The Morgan fingerprint density at radius 2 is 1.74 bits per heavy atom. The number of amides is 1. The van der Waals surface area contributed by atoms with Crippen molar-refractivity contribution in [3.63, 3.8) is 0 Å². The molecule has 1 atom stereocenters. The summed E-state index contributed by atoms with van der Waals surface area (Å²) < 4.78 is 12.9. The van der Waals surface area contributed by atoms with E-state index in [0.29, 0.717) is 53.9 Å². The fourth-order valence-electron chi connectivity index (χ4n) is 4.50. The molecule has 1 aromatic heterocycles. The maximum Gasteiger partial charge on any atom is 0.255 e. The molecule has 9 nitrogen and oxygen atoms in total. The third-order valence-corrected chi connectivity index (χ3v) is 6.49. The molecule has 0 spiro atoms. The molecule has 3 N–H and O–H groups in total. The lowest BCUT2D eigenvalue weighted by atomic mass is 9.95. The van der Waals surface area contributed by atoms with E-state index in [1.165, 1.54) is 0 Å². The van der Waals surface area contributed by atoms with E-state index in [4.69, 9.17) is 14.6 Å². The zero-order chi connectivity index (χ0) is 27.2. The van der Waals surface area contributed by atoms with Crippen molar-refractivity contribution in [1.29, 1.82) is 0 Å². The molecule has 9 heteroatoms. The lowest BCUT2D eigenvalue weighted by Crippen LogP contribution is -2.31. The van der Waals surface area contributed by atoms with Gasteiger partial charge in [-0.1, -0.05) is 42.5 Å². The molecule has 1 unspecified atom stereocenters. The first-order chi connectivity index (χ1) is 19.1. The average molecular weight is 526 g/mol. The van der Waals surface area contributed by atoms with Gasteiger partial charge in [0.1, 0.15) is 24.1 Å². The largest absolute Gasteiger partial charge is 0.497 e. The number of hydrogen-bond donors (Lipinski definition) is 3. The number of rotatable bonds is 10. The minimum atomic E-state index is -0.516. The van der Waals surface area contributed by atoms with Crippen LogP contribution in [0.25, 0.3) is 0 Å². The topological polar surface area (TPSA) is 111 Å². The Morgan fingerprint density at radius 3 is 2.44 bits per heavy atom. The van der Waals surface area contributed by atoms with Crippen LogP contribution >= 0.6 is 0 Å². The Balaban J connectivity index is 1.44. The number of ether oxygens (including phenoxy) is 2. The molecular formula is C30H31N5O4. The quantitative estimate of drug-likeness (QED) is 0.275. The van der Waals surface area contributed by atoms with E-state index < -0.39 is 6.04 Å². The van der Waals surface area contributed by atoms with E-state index in [1.54, 1.807) is 36.1 Å². The van der Waals surface area contributed by atoms with Gasteiger partial charge in [0.2, 0.25) is 5.95 Å². The molecule has 0 radical (unpaired) electrons. The lowest BCUT2D eigenvalue weighted by Gasteiger charge is -2.28. The Labute approximate surface area is 227 Å². The SMILES string of the molecule is COc1ccc(NC(=O)C2=C(C)Nc3nc(CCCO)nn3C2c2ccc(OCc3ccccc3)cc2)cc1. The van der Waals surface area contributed by atoms with Gasteiger partial charge >= 0.3 is 0 Å². The van der Waals surface area contributed by atoms with Gasteiger partial charge in [0.15, 0.2) is 5.82 Å². The van der Waals surface area contributed by atoms with Crippen molar-refractivity contribution in [1.82, 2.24) is 14.8 Å². The summed E-state index contributed by atoms with van der Waals surface area (Å²) >= 11 is 0. The molecule has 39 heavy (non-hydrogen) atoms. The van der Waals surface area contributed by atoms with Gasteiger partial charge in [0.05, 0.1) is 12.7 Å². The number of aromatic nitrogens is 3. The number of anilines is 2. The van der Waals surface area contributed by atoms with Crippen LogP contribution in [0.1, 0.15) is 36.3 Å². The molecule has 4 aromatic rings. The molecule has 1 amide bonds. The van der Waals surface area contributed by atoms with E-state index in [-0.39, 0.29) is 12.5 Å². The van der Waals surface area contributed by atoms with Gasteiger partial charge < -0.3 is 25.2 Å². The summed E-state index contributed by atoms with van der Waals surface area (Å²) in [5, 5.41) is 20.2. The molecule has 2 heterocycles. The summed E-state index contributed by atoms with van der Waals surface area (Å²) in [6.07, 6.45) is 1.09. The fourth-order valence-corrected chi connectivity index (χ4v) is 4.50. The molecule has 3 aromatic carbocycles. The van der Waals surface area contributed by atoms with Crippen LogP contribution in [0.4, 0.5) is 11.6 Å². The smallest absolute Gasteiger partial charge is 0.255 e. The maximum atomic E-state index is 13.7. The number of aliphatic hydroxyl groups excluding tert-OH is 1. The summed E-state index contributed by atoms with van der Waals surface area (Å²) in [5.74, 6) is 2.33. The van der Waals surface area contributed by atoms with Crippen LogP contribution < -0.4 is 20.1 Å². The number of nitrogens with zero attached hydrogens (tertiary/aromatic N) is 3. The number of methoxy groups -OCH3 is 1. The highest BCUT2D eigenvalue weighted by molar-refractivity contribution is 6.06. The molecule has 0 fully saturated rings. The first-order valence-electron chi connectivity index (χ1n) is 12.8. The zero-order valence-corrected chi connectivity index (χ0v) is 21.9. The predicted molar refractivity (Wildman–Crippen MR) is 149 cm³/mol. The van der Waals surface area contributed by atoms with E-state index in [0.717, 1.165) is 16.9 Å². The third kappa shape index (κ3) is 5.94. The number of hydrogen-bond acceptors (Lipinski definition) is 7. The summed E-state index contributed by atoms with van der Waals surface area (Å²) in [6.45, 7) is 2.38. The van der Waals surface area contributed by atoms with Gasteiger partial charge in [-0.2, -0.15) is 10.1 Å². The van der Waals surface area contributed by atoms with Gasteiger partial charge in [-0.25, -0.2) is 4.68 Å². The number of carbonyl (C=O) groups is 1. The van der Waals surface area contributed by atoms with Crippen molar-refractivity contribution in [2.24, 2.45) is 0 Å². The van der Waals surface area contributed by atoms with Crippen molar-refractivity contribution in [3.05, 3.63) is 107 Å². The van der Waals surface area contributed by atoms with Gasteiger partial charge in [-0.15, -0.1) is 0 Å². The van der Waals surface area contributed by atoms with Gasteiger partial charge in [0.25, 0.3) is 5.91 Å². The van der Waals surface area contributed by atoms with E-state index >= 15 is 0 Å². The average Bonchev–Trinajstić information content (AvgIpc) is 3.37. The number of aryl methyl sites for hydroxylation is 1. The van der Waals surface area contributed by atoms with Crippen molar-refractivity contribution < 1.29 is 19.4 Å². The van der Waals surface area contributed by atoms with Gasteiger partial charge in [0, 0.05) is 24.4 Å². The summed E-state index contributed by atoms with van der Waals surface area (Å²) in [7, 11) is 1.60. The lowest BCUT2D eigenvalue weighted by molar-refractivity contribution is -0.113. The van der Waals surface area contributed by atoms with Crippen LogP contribution in [0.5, 0.6) is 11.5 Å². The summed E-state index contributed by atoms with van der Waals surface area (Å²) in [4.78, 5) is 18.3. The second kappa shape index (κ2) is 11.8. The van der Waals surface area contributed by atoms with Crippen molar-refractivity contribution >= 4 is 17.5 Å². The van der Waals surface area contributed by atoms with Crippen LogP contribution in [-0.4, -0.2) is 39.5 Å². The second-order valence-corrected chi connectivity index (χ2v) is 9.22. The number of aliphatic hydroxyl groups is 1. The monoisotopic (exact) mass is 525 g/mol. The minimum absolute atomic E-state index is 0.0535. The van der Waals surface area contributed by atoms with Crippen LogP contribution in [0.2, 0.25) is 0 Å². The minimum Gasteiger partial charge on any atom is -0.497 e. The van der Waals surface area contributed by atoms with Crippen LogP contribution in [0, 0.1) is 0 Å². The highest BCUT2D eigenvalue weighted by atomic mass is 16.5. The van der Waals surface area contributed by atoms with Gasteiger partial charge in [-0.3, -0.25) is 4.79 Å². The number of allylic oxidation sites excluding steroid dienone is 1. The third-order valence-electron chi connectivity index (χ3n) is 6.49. The first-order valence-corrected chi connectivity index (χ1v) is 12.8. The molecule has 0 saturated carbocycles. The van der Waals surface area contributed by atoms with Crippen LogP contribution in [-0.2, 0) is 17.8 Å². The summed E-state index contributed by atoms with van der Waals surface area (Å²) in [5.41, 5.74) is 3.80. The Hall–Kier alpha value is -4.63. The number of fused-ring (bicyclic) bond motifs is 1. The number of nitrogens with one attached hydrogen (secondary N) is 2. The molecular weight excluding hydrogens is 494 g/mol. The van der Waals surface area contributed by atoms with E-state index in [1.807, 2.05) is 61.5 Å². The van der Waals surface area contributed by atoms with E-state index in [2.05, 4.69) is 15.6 Å². The molecule has 0 saturated heterocycles. The summed E-state index contributed by atoms with van der Waals surface area (Å²) in [6, 6.07) is 24.3. The fraction of sp³-hybridized carbons (Fsp3) is 0.233. The van der Waals surface area contributed by atoms with Crippen molar-refractivity contribution in [3.8, 4) is 11.5 Å². The molecule has 5 rings (SSSR count). The maximum absolute atomic E-state index is 13.7.